The van der Waals surface area contributed by atoms with Crippen molar-refractivity contribution < 1.29 is 14.0 Å². The van der Waals surface area contributed by atoms with E-state index >= 15 is 0 Å². The Balaban J connectivity index is 1.49. The van der Waals surface area contributed by atoms with E-state index in [0.717, 1.165) is 12.0 Å². The Bertz CT molecular complexity index is 798. The van der Waals surface area contributed by atoms with Crippen LogP contribution in [0.1, 0.15) is 17.5 Å². The second-order valence-electron chi connectivity index (χ2n) is 6.44. The number of benzene rings is 2. The van der Waals surface area contributed by atoms with Crippen LogP contribution in [-0.2, 0) is 22.6 Å². The van der Waals surface area contributed by atoms with Crippen LogP contribution in [0, 0.1) is 11.7 Å². The zero-order chi connectivity index (χ0) is 18.5. The summed E-state index contributed by atoms with van der Waals surface area (Å²) in [6.45, 7) is 1.30. The van der Waals surface area contributed by atoms with E-state index in [1.54, 1.807) is 11.0 Å². The molecule has 0 spiro atoms. The van der Waals surface area contributed by atoms with Crippen LogP contribution in [0.5, 0.6) is 0 Å². The lowest BCUT2D eigenvalue weighted by atomic mass is 10.1. The van der Waals surface area contributed by atoms with Gasteiger partial charge in [-0.1, -0.05) is 48.0 Å². The molecular weight excluding hydrogens is 355 g/mol. The molecule has 26 heavy (non-hydrogen) atoms. The summed E-state index contributed by atoms with van der Waals surface area (Å²) in [5, 5.41) is 2.83. The van der Waals surface area contributed by atoms with E-state index in [-0.39, 0.29) is 35.7 Å². The van der Waals surface area contributed by atoms with Crippen LogP contribution >= 0.6 is 11.6 Å². The van der Waals surface area contributed by atoms with Gasteiger partial charge in [0.05, 0.1) is 10.9 Å². The summed E-state index contributed by atoms with van der Waals surface area (Å²) in [6, 6.07) is 14.3. The quantitative estimate of drug-likeness (QED) is 0.844. The Hall–Kier alpha value is -2.40. The van der Waals surface area contributed by atoms with E-state index < -0.39 is 5.82 Å². The van der Waals surface area contributed by atoms with Crippen LogP contribution in [0.3, 0.4) is 0 Å². The molecule has 0 saturated carbocycles. The van der Waals surface area contributed by atoms with Gasteiger partial charge in [0.25, 0.3) is 0 Å². The maximum atomic E-state index is 13.2. The predicted octanol–water partition coefficient (Wildman–Crippen LogP) is 3.19. The first-order valence-corrected chi connectivity index (χ1v) is 8.94. The van der Waals surface area contributed by atoms with Crippen LogP contribution < -0.4 is 5.32 Å². The number of likely N-dealkylation sites (tertiary alicyclic amines) is 1. The summed E-state index contributed by atoms with van der Waals surface area (Å²) in [7, 11) is 0. The van der Waals surface area contributed by atoms with E-state index in [1.165, 1.54) is 17.7 Å². The minimum absolute atomic E-state index is 0.00547. The SMILES string of the molecule is O=C(NCc1ccc(F)c(Cl)c1)[C@@H]1CC(=O)N(CCc2ccccc2)C1. The molecule has 1 N–H and O–H groups in total. The van der Waals surface area contributed by atoms with Gasteiger partial charge in [-0.15, -0.1) is 0 Å². The smallest absolute Gasteiger partial charge is 0.225 e. The Kier molecular flexibility index (Phi) is 5.89. The van der Waals surface area contributed by atoms with Crippen LogP contribution in [0.2, 0.25) is 5.02 Å². The van der Waals surface area contributed by atoms with Crippen LogP contribution in [0.25, 0.3) is 0 Å². The van der Waals surface area contributed by atoms with Crippen molar-refractivity contribution in [1.29, 1.82) is 0 Å². The first-order valence-electron chi connectivity index (χ1n) is 8.56. The van der Waals surface area contributed by atoms with Crippen LogP contribution in [0.15, 0.2) is 48.5 Å². The number of amides is 2. The number of nitrogens with one attached hydrogen (secondary N) is 1. The van der Waals surface area contributed by atoms with E-state index in [4.69, 9.17) is 11.6 Å². The highest BCUT2D eigenvalue weighted by molar-refractivity contribution is 6.30. The highest BCUT2D eigenvalue weighted by Crippen LogP contribution is 2.19. The Labute approximate surface area is 157 Å². The van der Waals surface area contributed by atoms with Crippen LogP contribution in [0.4, 0.5) is 4.39 Å². The predicted molar refractivity (Wildman–Crippen MR) is 98.1 cm³/mol. The molecule has 6 heteroatoms. The lowest BCUT2D eigenvalue weighted by Gasteiger charge is -2.16. The van der Waals surface area contributed by atoms with Gasteiger partial charge in [0.2, 0.25) is 11.8 Å². The number of halogens is 2. The van der Waals surface area contributed by atoms with Crippen molar-refractivity contribution in [3.8, 4) is 0 Å². The summed E-state index contributed by atoms with van der Waals surface area (Å²) >= 11 is 5.74. The van der Waals surface area contributed by atoms with Crippen molar-refractivity contribution in [2.45, 2.75) is 19.4 Å². The molecule has 2 amide bonds. The molecule has 1 aliphatic rings. The average molecular weight is 375 g/mol. The third-order valence-electron chi connectivity index (χ3n) is 4.55. The fraction of sp³-hybridized carbons (Fsp3) is 0.300. The summed E-state index contributed by atoms with van der Waals surface area (Å²) in [6.07, 6.45) is 1.000. The van der Waals surface area contributed by atoms with Crippen molar-refractivity contribution in [3.05, 3.63) is 70.5 Å². The first kappa shape index (κ1) is 18.4. The van der Waals surface area contributed by atoms with Gasteiger partial charge in [-0.3, -0.25) is 9.59 Å². The fourth-order valence-corrected chi connectivity index (χ4v) is 3.26. The van der Waals surface area contributed by atoms with E-state index in [2.05, 4.69) is 5.32 Å². The molecule has 4 nitrogen and oxygen atoms in total. The molecule has 3 rings (SSSR count). The van der Waals surface area contributed by atoms with Crippen molar-refractivity contribution in [1.82, 2.24) is 10.2 Å². The zero-order valence-electron chi connectivity index (χ0n) is 14.3. The number of hydrogen-bond donors (Lipinski definition) is 1. The molecule has 2 aromatic rings. The molecule has 136 valence electrons. The van der Waals surface area contributed by atoms with Crippen molar-refractivity contribution in [3.63, 3.8) is 0 Å². The minimum atomic E-state index is -0.489. The van der Waals surface area contributed by atoms with Crippen molar-refractivity contribution >= 4 is 23.4 Å². The van der Waals surface area contributed by atoms with E-state index in [0.29, 0.717) is 13.1 Å². The van der Waals surface area contributed by atoms with Gasteiger partial charge in [-0.2, -0.15) is 0 Å². The Morgan fingerprint density at radius 2 is 1.96 bits per heavy atom. The van der Waals surface area contributed by atoms with Gasteiger partial charge in [-0.05, 0) is 29.7 Å². The molecule has 2 aromatic carbocycles. The monoisotopic (exact) mass is 374 g/mol. The number of rotatable bonds is 6. The fourth-order valence-electron chi connectivity index (χ4n) is 3.06. The van der Waals surface area contributed by atoms with Gasteiger partial charge in [-0.25, -0.2) is 4.39 Å². The zero-order valence-corrected chi connectivity index (χ0v) is 15.0. The molecule has 1 saturated heterocycles. The summed E-state index contributed by atoms with van der Waals surface area (Å²) < 4.78 is 13.2. The molecule has 1 atom stereocenters. The van der Waals surface area contributed by atoms with Gasteiger partial charge in [0, 0.05) is 26.1 Å². The minimum Gasteiger partial charge on any atom is -0.352 e. The molecule has 0 aliphatic carbocycles. The first-order chi connectivity index (χ1) is 12.5. The average Bonchev–Trinajstić information content (AvgIpc) is 3.02. The summed E-state index contributed by atoms with van der Waals surface area (Å²) in [5.74, 6) is -1.00. The topological polar surface area (TPSA) is 49.4 Å². The van der Waals surface area contributed by atoms with E-state index in [9.17, 15) is 14.0 Å². The van der Waals surface area contributed by atoms with Gasteiger partial charge < -0.3 is 10.2 Å². The molecule has 0 bridgehead atoms. The lowest BCUT2D eigenvalue weighted by molar-refractivity contribution is -0.129. The Morgan fingerprint density at radius 3 is 2.69 bits per heavy atom. The molecule has 1 aliphatic heterocycles. The maximum absolute atomic E-state index is 13.2. The number of carbonyl (C=O) groups excluding carboxylic acids is 2. The lowest BCUT2D eigenvalue weighted by Crippen LogP contribution is -2.33. The maximum Gasteiger partial charge on any atom is 0.225 e. The molecular formula is C20H20ClFN2O2. The largest absolute Gasteiger partial charge is 0.352 e. The molecule has 0 unspecified atom stereocenters. The highest BCUT2D eigenvalue weighted by atomic mass is 35.5. The van der Waals surface area contributed by atoms with Crippen molar-refractivity contribution in [2.24, 2.45) is 5.92 Å². The Morgan fingerprint density at radius 1 is 1.19 bits per heavy atom. The second kappa shape index (κ2) is 8.32. The number of nitrogens with zero attached hydrogens (tertiary/aromatic N) is 1. The molecule has 1 fully saturated rings. The normalized spacial score (nSPS) is 16.8. The number of hydrogen-bond acceptors (Lipinski definition) is 2. The molecule has 0 radical (unpaired) electrons. The standard InChI is InChI=1S/C20H20ClFN2O2/c21-17-10-15(6-7-18(17)22)12-23-20(26)16-11-19(25)24(13-16)9-8-14-4-2-1-3-5-14/h1-7,10,16H,8-9,11-13H2,(H,23,26)/t16-/m1/s1. The van der Waals surface area contributed by atoms with Gasteiger partial charge in [0.15, 0.2) is 0 Å². The highest BCUT2D eigenvalue weighted by Gasteiger charge is 2.33. The van der Waals surface area contributed by atoms with Gasteiger partial charge >= 0.3 is 0 Å². The van der Waals surface area contributed by atoms with Crippen molar-refractivity contribution in [2.75, 3.05) is 13.1 Å². The van der Waals surface area contributed by atoms with Crippen LogP contribution in [-0.4, -0.2) is 29.8 Å². The summed E-state index contributed by atoms with van der Waals surface area (Å²) in [5.41, 5.74) is 1.89. The third-order valence-corrected chi connectivity index (χ3v) is 4.84. The molecule has 1 heterocycles. The second-order valence-corrected chi connectivity index (χ2v) is 6.85. The number of carbonyl (C=O) groups is 2. The molecule has 0 aromatic heterocycles. The summed E-state index contributed by atoms with van der Waals surface area (Å²) in [4.78, 5) is 26.2. The third kappa shape index (κ3) is 4.61. The van der Waals surface area contributed by atoms with E-state index in [1.807, 2.05) is 30.3 Å². The van der Waals surface area contributed by atoms with Gasteiger partial charge in [0.1, 0.15) is 5.82 Å².